The molecule has 1 aliphatic heterocycles. The highest BCUT2D eigenvalue weighted by Crippen LogP contribution is 2.25. The van der Waals surface area contributed by atoms with E-state index in [2.05, 4.69) is 20.1 Å². The van der Waals surface area contributed by atoms with Gasteiger partial charge in [-0.1, -0.05) is 23.7 Å². The molecule has 0 aliphatic carbocycles. The molecule has 6 nitrogen and oxygen atoms in total. The number of likely N-dealkylation sites (N-methyl/N-ethyl adjacent to an activating group) is 1. The van der Waals surface area contributed by atoms with Crippen molar-refractivity contribution < 1.29 is 4.79 Å². The maximum Gasteiger partial charge on any atom is 0.223 e. The fourth-order valence-electron chi connectivity index (χ4n) is 2.89. The molecule has 1 amide bonds. The molecule has 3 rings (SSSR count). The van der Waals surface area contributed by atoms with Crippen LogP contribution in [0.2, 0.25) is 5.02 Å². The monoisotopic (exact) mass is 347 g/mol. The van der Waals surface area contributed by atoms with Gasteiger partial charge in [-0.2, -0.15) is 5.10 Å². The molecule has 2 aromatic rings. The molecule has 1 saturated heterocycles. The first-order chi connectivity index (χ1) is 11.5. The minimum absolute atomic E-state index is 0.0732. The third-order valence-corrected chi connectivity index (χ3v) is 4.44. The molecule has 1 atom stereocenters. The van der Waals surface area contributed by atoms with Gasteiger partial charge in [-0.3, -0.25) is 9.89 Å². The summed E-state index contributed by atoms with van der Waals surface area (Å²) in [4.78, 5) is 20.7. The summed E-state index contributed by atoms with van der Waals surface area (Å²) < 4.78 is 0. The fraction of sp³-hybridized carbons (Fsp3) is 0.471. The molecular formula is C17H22ClN5O. The minimum atomic E-state index is 0.0732. The van der Waals surface area contributed by atoms with Crippen LogP contribution in [0.5, 0.6) is 0 Å². The molecule has 0 saturated carbocycles. The Labute approximate surface area is 146 Å². The first kappa shape index (κ1) is 16.9. The number of hydrogen-bond acceptors (Lipinski definition) is 4. The van der Waals surface area contributed by atoms with Gasteiger partial charge in [-0.05, 0) is 31.8 Å². The number of amides is 1. The van der Waals surface area contributed by atoms with Crippen molar-refractivity contribution in [3.8, 4) is 0 Å². The lowest BCUT2D eigenvalue weighted by atomic mass is 10.1. The number of carbonyl (C=O) groups excluding carboxylic acids is 1. The standard InChI is InChI=1S/C17H22ClN5O/c1-22(2)6-7-23-11-13(10-16(23)24)17-19-15(20-21-17)9-12-4-3-5-14(18)8-12/h3-5,8,13H,6-7,9-11H2,1-2H3,(H,19,20,21). The molecule has 1 N–H and O–H groups in total. The Balaban J connectivity index is 1.62. The lowest BCUT2D eigenvalue weighted by Crippen LogP contribution is -2.32. The topological polar surface area (TPSA) is 65.1 Å². The second-order valence-corrected chi connectivity index (χ2v) is 6.93. The maximum atomic E-state index is 12.1. The number of aromatic nitrogens is 3. The molecule has 7 heteroatoms. The summed E-state index contributed by atoms with van der Waals surface area (Å²) in [5.41, 5.74) is 1.08. The van der Waals surface area contributed by atoms with E-state index < -0.39 is 0 Å². The third kappa shape index (κ3) is 4.13. The SMILES string of the molecule is CN(C)CCN1CC(c2n[nH]c(Cc3cccc(Cl)c3)n2)CC1=O. The van der Waals surface area contributed by atoms with Crippen molar-refractivity contribution in [3.05, 3.63) is 46.5 Å². The van der Waals surface area contributed by atoms with Crippen LogP contribution in [0.25, 0.3) is 0 Å². The Hall–Kier alpha value is -1.92. The van der Waals surface area contributed by atoms with E-state index in [4.69, 9.17) is 11.6 Å². The van der Waals surface area contributed by atoms with Gasteiger partial charge in [0.1, 0.15) is 5.82 Å². The van der Waals surface area contributed by atoms with Crippen molar-refractivity contribution in [2.24, 2.45) is 0 Å². The average Bonchev–Trinajstić information content (AvgIpc) is 3.12. The molecular weight excluding hydrogens is 326 g/mol. The Morgan fingerprint density at radius 3 is 3.00 bits per heavy atom. The number of nitrogens with zero attached hydrogens (tertiary/aromatic N) is 4. The number of hydrogen-bond donors (Lipinski definition) is 1. The molecule has 0 spiro atoms. The van der Waals surface area contributed by atoms with Crippen LogP contribution in [-0.4, -0.2) is 64.6 Å². The largest absolute Gasteiger partial charge is 0.341 e. The maximum absolute atomic E-state index is 12.1. The van der Waals surface area contributed by atoms with Crippen molar-refractivity contribution in [1.82, 2.24) is 25.0 Å². The summed E-state index contributed by atoms with van der Waals surface area (Å²) in [6.45, 7) is 2.32. The van der Waals surface area contributed by atoms with E-state index in [0.717, 1.165) is 30.3 Å². The molecule has 1 unspecified atom stereocenters. The van der Waals surface area contributed by atoms with Gasteiger partial charge < -0.3 is 9.80 Å². The molecule has 1 aromatic carbocycles. The van der Waals surface area contributed by atoms with Gasteiger partial charge in [-0.15, -0.1) is 0 Å². The number of benzene rings is 1. The third-order valence-electron chi connectivity index (χ3n) is 4.21. The highest BCUT2D eigenvalue weighted by Gasteiger charge is 2.32. The second-order valence-electron chi connectivity index (χ2n) is 6.49. The van der Waals surface area contributed by atoms with Crippen molar-refractivity contribution in [1.29, 1.82) is 0 Å². The van der Waals surface area contributed by atoms with Crippen LogP contribution in [0.15, 0.2) is 24.3 Å². The molecule has 2 heterocycles. The van der Waals surface area contributed by atoms with Crippen LogP contribution in [0.1, 0.15) is 29.6 Å². The quantitative estimate of drug-likeness (QED) is 0.867. The molecule has 0 radical (unpaired) electrons. The van der Waals surface area contributed by atoms with E-state index in [1.807, 2.05) is 43.3 Å². The Bertz CT molecular complexity index is 715. The van der Waals surface area contributed by atoms with Crippen LogP contribution >= 0.6 is 11.6 Å². The summed E-state index contributed by atoms with van der Waals surface area (Å²) in [5.74, 6) is 1.78. The van der Waals surface area contributed by atoms with Gasteiger partial charge in [0.25, 0.3) is 0 Å². The van der Waals surface area contributed by atoms with E-state index in [1.54, 1.807) is 0 Å². The van der Waals surface area contributed by atoms with Crippen LogP contribution < -0.4 is 0 Å². The molecule has 1 aliphatic rings. The van der Waals surface area contributed by atoms with Crippen LogP contribution in [0, 0.1) is 0 Å². The molecule has 128 valence electrons. The van der Waals surface area contributed by atoms with Crippen LogP contribution in [-0.2, 0) is 11.2 Å². The normalized spacial score (nSPS) is 17.9. The number of carbonyl (C=O) groups is 1. The number of H-pyrrole nitrogens is 1. The fourth-order valence-corrected chi connectivity index (χ4v) is 3.11. The van der Waals surface area contributed by atoms with Gasteiger partial charge >= 0.3 is 0 Å². The lowest BCUT2D eigenvalue weighted by Gasteiger charge is -2.18. The predicted octanol–water partition coefficient (Wildman–Crippen LogP) is 1.93. The van der Waals surface area contributed by atoms with Crippen molar-refractivity contribution in [3.63, 3.8) is 0 Å². The number of halogens is 1. The highest BCUT2D eigenvalue weighted by molar-refractivity contribution is 6.30. The highest BCUT2D eigenvalue weighted by atomic mass is 35.5. The van der Waals surface area contributed by atoms with Crippen LogP contribution in [0.4, 0.5) is 0 Å². The Kier molecular flexibility index (Phi) is 5.16. The van der Waals surface area contributed by atoms with E-state index in [1.165, 1.54) is 0 Å². The van der Waals surface area contributed by atoms with Gasteiger partial charge in [0.2, 0.25) is 5.91 Å². The van der Waals surface area contributed by atoms with E-state index >= 15 is 0 Å². The Morgan fingerprint density at radius 1 is 1.42 bits per heavy atom. The zero-order valence-electron chi connectivity index (χ0n) is 14.0. The number of rotatable bonds is 6. The Morgan fingerprint density at radius 2 is 2.25 bits per heavy atom. The second kappa shape index (κ2) is 7.32. The summed E-state index contributed by atoms with van der Waals surface area (Å²) in [6, 6.07) is 7.71. The molecule has 1 fully saturated rings. The van der Waals surface area contributed by atoms with Gasteiger partial charge in [0.05, 0.1) is 0 Å². The summed E-state index contributed by atoms with van der Waals surface area (Å²) >= 11 is 6.01. The van der Waals surface area contributed by atoms with Crippen molar-refractivity contribution in [2.75, 3.05) is 33.7 Å². The lowest BCUT2D eigenvalue weighted by molar-refractivity contribution is -0.127. The summed E-state index contributed by atoms with van der Waals surface area (Å²) in [6.07, 6.45) is 1.14. The zero-order valence-corrected chi connectivity index (χ0v) is 14.8. The number of likely N-dealkylation sites (tertiary alicyclic amines) is 1. The first-order valence-electron chi connectivity index (χ1n) is 8.09. The number of aromatic amines is 1. The summed E-state index contributed by atoms with van der Waals surface area (Å²) in [5, 5.41) is 8.02. The zero-order chi connectivity index (χ0) is 17.1. The smallest absolute Gasteiger partial charge is 0.223 e. The van der Waals surface area contributed by atoms with E-state index in [-0.39, 0.29) is 11.8 Å². The minimum Gasteiger partial charge on any atom is -0.341 e. The number of nitrogens with one attached hydrogen (secondary N) is 1. The van der Waals surface area contributed by atoms with E-state index in [0.29, 0.717) is 24.4 Å². The van der Waals surface area contributed by atoms with Crippen molar-refractivity contribution in [2.45, 2.75) is 18.8 Å². The van der Waals surface area contributed by atoms with Crippen LogP contribution in [0.3, 0.4) is 0 Å². The molecule has 0 bridgehead atoms. The first-order valence-corrected chi connectivity index (χ1v) is 8.47. The van der Waals surface area contributed by atoms with Gasteiger partial charge in [0.15, 0.2) is 5.82 Å². The predicted molar refractivity (Wildman–Crippen MR) is 93.1 cm³/mol. The average molecular weight is 348 g/mol. The van der Waals surface area contributed by atoms with Gasteiger partial charge in [-0.25, -0.2) is 4.98 Å². The van der Waals surface area contributed by atoms with Gasteiger partial charge in [0, 0.05) is 43.4 Å². The molecule has 24 heavy (non-hydrogen) atoms. The van der Waals surface area contributed by atoms with E-state index in [9.17, 15) is 4.79 Å². The molecule has 1 aromatic heterocycles. The summed E-state index contributed by atoms with van der Waals surface area (Å²) in [7, 11) is 4.02. The van der Waals surface area contributed by atoms with Crippen molar-refractivity contribution >= 4 is 17.5 Å².